The number of carbonyl (C=O) groups is 2. The average Bonchev–Trinajstić information content (AvgIpc) is 2.74. The fourth-order valence-electron chi connectivity index (χ4n) is 2.92. The normalized spacial score (nSPS) is 11.4. The number of benzene rings is 2. The molecule has 0 fully saturated rings. The molecule has 1 atom stereocenters. The van der Waals surface area contributed by atoms with E-state index in [1.807, 2.05) is 44.2 Å². The van der Waals surface area contributed by atoms with Crippen molar-refractivity contribution in [3.05, 3.63) is 59.7 Å². The van der Waals surface area contributed by atoms with Crippen LogP contribution in [0.25, 0.3) is 0 Å². The first kappa shape index (κ1) is 22.3. The van der Waals surface area contributed by atoms with Crippen molar-refractivity contribution in [3.8, 4) is 11.5 Å². The average molecular weight is 399 g/mol. The summed E-state index contributed by atoms with van der Waals surface area (Å²) in [6.07, 6.45) is 1.73. The third kappa shape index (κ3) is 6.82. The van der Waals surface area contributed by atoms with Crippen LogP contribution in [0.5, 0.6) is 11.5 Å². The zero-order valence-electron chi connectivity index (χ0n) is 17.3. The zero-order valence-corrected chi connectivity index (χ0v) is 17.3. The minimum Gasteiger partial charge on any atom is -0.490 e. The van der Waals surface area contributed by atoms with Crippen molar-refractivity contribution in [3.63, 3.8) is 0 Å². The Morgan fingerprint density at radius 1 is 0.931 bits per heavy atom. The SMILES string of the molecule is CCC[C@@H](NC(=O)COC(=O)c1ccc(OCC)c(OCC)c1)c1ccccc1. The van der Waals surface area contributed by atoms with Crippen LogP contribution < -0.4 is 14.8 Å². The summed E-state index contributed by atoms with van der Waals surface area (Å²) < 4.78 is 16.2. The molecule has 0 heterocycles. The van der Waals surface area contributed by atoms with Crippen LogP contribution in [0.3, 0.4) is 0 Å². The van der Waals surface area contributed by atoms with Gasteiger partial charge in [-0.25, -0.2) is 4.79 Å². The van der Waals surface area contributed by atoms with Crippen molar-refractivity contribution in [1.29, 1.82) is 0 Å². The summed E-state index contributed by atoms with van der Waals surface area (Å²) in [5.41, 5.74) is 1.33. The third-order valence-corrected chi connectivity index (χ3v) is 4.23. The van der Waals surface area contributed by atoms with Crippen LogP contribution in [0.1, 0.15) is 55.6 Å². The van der Waals surface area contributed by atoms with Crippen molar-refractivity contribution < 1.29 is 23.8 Å². The molecule has 0 radical (unpaired) electrons. The number of carbonyl (C=O) groups excluding carboxylic acids is 2. The molecule has 0 aliphatic carbocycles. The first-order chi connectivity index (χ1) is 14.1. The second-order valence-electron chi connectivity index (χ2n) is 6.42. The molecule has 29 heavy (non-hydrogen) atoms. The van der Waals surface area contributed by atoms with Crippen LogP contribution in [0.2, 0.25) is 0 Å². The maximum atomic E-state index is 12.4. The summed E-state index contributed by atoms with van der Waals surface area (Å²) in [5, 5.41) is 2.94. The molecule has 2 aromatic carbocycles. The van der Waals surface area contributed by atoms with E-state index in [9.17, 15) is 9.59 Å². The molecule has 0 bridgehead atoms. The van der Waals surface area contributed by atoms with Gasteiger partial charge < -0.3 is 19.5 Å². The Hall–Kier alpha value is -3.02. The molecule has 6 nitrogen and oxygen atoms in total. The predicted molar refractivity (Wildman–Crippen MR) is 111 cm³/mol. The van der Waals surface area contributed by atoms with Gasteiger partial charge in [-0.1, -0.05) is 43.7 Å². The Balaban J connectivity index is 1.97. The van der Waals surface area contributed by atoms with Gasteiger partial charge in [-0.2, -0.15) is 0 Å². The van der Waals surface area contributed by atoms with Crippen molar-refractivity contribution in [1.82, 2.24) is 5.32 Å². The van der Waals surface area contributed by atoms with Gasteiger partial charge in [0, 0.05) is 0 Å². The lowest BCUT2D eigenvalue weighted by atomic mass is 10.0. The lowest BCUT2D eigenvalue weighted by Gasteiger charge is -2.18. The molecular formula is C23H29NO5. The van der Waals surface area contributed by atoms with Gasteiger partial charge in [0.05, 0.1) is 24.8 Å². The summed E-state index contributed by atoms with van der Waals surface area (Å²) in [7, 11) is 0. The second kappa shape index (κ2) is 11.7. The minimum atomic E-state index is -0.587. The molecule has 1 N–H and O–H groups in total. The number of amides is 1. The maximum Gasteiger partial charge on any atom is 0.338 e. The van der Waals surface area contributed by atoms with Gasteiger partial charge in [-0.3, -0.25) is 4.79 Å². The highest BCUT2D eigenvalue weighted by atomic mass is 16.5. The molecule has 0 aromatic heterocycles. The fraction of sp³-hybridized carbons (Fsp3) is 0.391. The molecule has 156 valence electrons. The third-order valence-electron chi connectivity index (χ3n) is 4.23. The Labute approximate surface area is 172 Å². The van der Waals surface area contributed by atoms with Gasteiger partial charge in [0.15, 0.2) is 18.1 Å². The summed E-state index contributed by atoms with van der Waals surface area (Å²) in [6.45, 7) is 6.37. The van der Waals surface area contributed by atoms with E-state index in [-0.39, 0.29) is 18.6 Å². The highest BCUT2D eigenvalue weighted by Crippen LogP contribution is 2.28. The van der Waals surface area contributed by atoms with Crippen LogP contribution in [0.15, 0.2) is 48.5 Å². The molecule has 6 heteroatoms. The maximum absolute atomic E-state index is 12.4. The summed E-state index contributed by atoms with van der Waals surface area (Å²) >= 11 is 0. The number of ether oxygens (including phenoxy) is 3. The number of esters is 1. The molecule has 0 spiro atoms. The largest absolute Gasteiger partial charge is 0.490 e. The standard InChI is InChI=1S/C23H29NO5/c1-4-10-19(17-11-8-7-9-12-17)24-22(25)16-29-23(26)18-13-14-20(27-5-2)21(15-18)28-6-3/h7-9,11-15,19H,4-6,10,16H2,1-3H3,(H,24,25)/t19-/m1/s1. The van der Waals surface area contributed by atoms with Gasteiger partial charge in [0.2, 0.25) is 0 Å². The smallest absolute Gasteiger partial charge is 0.338 e. The van der Waals surface area contributed by atoms with E-state index in [0.717, 1.165) is 18.4 Å². The Morgan fingerprint density at radius 2 is 1.62 bits per heavy atom. The van der Waals surface area contributed by atoms with Crippen LogP contribution >= 0.6 is 0 Å². The highest BCUT2D eigenvalue weighted by molar-refractivity contribution is 5.92. The van der Waals surface area contributed by atoms with E-state index >= 15 is 0 Å². The minimum absolute atomic E-state index is 0.109. The molecule has 0 aliphatic rings. The van der Waals surface area contributed by atoms with Crippen LogP contribution in [0.4, 0.5) is 0 Å². The zero-order chi connectivity index (χ0) is 21.1. The molecule has 0 unspecified atom stereocenters. The summed E-state index contributed by atoms with van der Waals surface area (Å²) in [5.74, 6) is 0.113. The van der Waals surface area contributed by atoms with Crippen molar-refractivity contribution >= 4 is 11.9 Å². The number of nitrogens with one attached hydrogen (secondary N) is 1. The topological polar surface area (TPSA) is 73.9 Å². The molecule has 2 aromatic rings. The van der Waals surface area contributed by atoms with Crippen molar-refractivity contribution in [2.24, 2.45) is 0 Å². The number of hydrogen-bond donors (Lipinski definition) is 1. The molecule has 2 rings (SSSR count). The van der Waals surface area contributed by atoms with Gasteiger partial charge in [0.25, 0.3) is 5.91 Å². The van der Waals surface area contributed by atoms with Gasteiger partial charge in [0.1, 0.15) is 0 Å². The lowest BCUT2D eigenvalue weighted by molar-refractivity contribution is -0.125. The Morgan fingerprint density at radius 3 is 2.28 bits per heavy atom. The van der Waals surface area contributed by atoms with Gasteiger partial charge in [-0.15, -0.1) is 0 Å². The molecular weight excluding hydrogens is 370 g/mol. The van der Waals surface area contributed by atoms with Gasteiger partial charge >= 0.3 is 5.97 Å². The quantitative estimate of drug-likeness (QED) is 0.570. The van der Waals surface area contributed by atoms with E-state index in [1.165, 1.54) is 0 Å². The Kier molecular flexibility index (Phi) is 9.02. The summed E-state index contributed by atoms with van der Waals surface area (Å²) in [4.78, 5) is 24.7. The van der Waals surface area contributed by atoms with E-state index in [4.69, 9.17) is 14.2 Å². The van der Waals surface area contributed by atoms with Crippen LogP contribution in [-0.2, 0) is 9.53 Å². The number of rotatable bonds is 11. The fourth-order valence-corrected chi connectivity index (χ4v) is 2.92. The molecule has 0 aliphatic heterocycles. The lowest BCUT2D eigenvalue weighted by Crippen LogP contribution is -2.32. The second-order valence-corrected chi connectivity index (χ2v) is 6.42. The monoisotopic (exact) mass is 399 g/mol. The van der Waals surface area contributed by atoms with Crippen LogP contribution in [0, 0.1) is 0 Å². The number of hydrogen-bond acceptors (Lipinski definition) is 5. The molecule has 0 saturated heterocycles. The molecule has 1 amide bonds. The Bertz CT molecular complexity index is 791. The van der Waals surface area contributed by atoms with E-state index in [1.54, 1.807) is 18.2 Å². The van der Waals surface area contributed by atoms with E-state index in [2.05, 4.69) is 12.2 Å². The van der Waals surface area contributed by atoms with Crippen LogP contribution in [-0.4, -0.2) is 31.7 Å². The van der Waals surface area contributed by atoms with E-state index < -0.39 is 5.97 Å². The van der Waals surface area contributed by atoms with Gasteiger partial charge in [-0.05, 0) is 44.0 Å². The van der Waals surface area contributed by atoms with E-state index in [0.29, 0.717) is 30.3 Å². The predicted octanol–water partition coefficient (Wildman–Crippen LogP) is 4.30. The summed E-state index contributed by atoms with van der Waals surface area (Å²) in [6, 6.07) is 14.5. The van der Waals surface area contributed by atoms with Crippen molar-refractivity contribution in [2.45, 2.75) is 39.7 Å². The first-order valence-electron chi connectivity index (χ1n) is 10.00. The van der Waals surface area contributed by atoms with Crippen molar-refractivity contribution in [2.75, 3.05) is 19.8 Å². The molecule has 0 saturated carbocycles. The first-order valence-corrected chi connectivity index (χ1v) is 10.00. The highest BCUT2D eigenvalue weighted by Gasteiger charge is 2.17.